The van der Waals surface area contributed by atoms with Crippen molar-refractivity contribution in [2.45, 2.75) is 29.6 Å². The van der Waals surface area contributed by atoms with Crippen LogP contribution >= 0.6 is 0 Å². The van der Waals surface area contributed by atoms with Crippen LogP contribution in [0.1, 0.15) is 18.4 Å². The molecule has 4 nitrogen and oxygen atoms in total. The summed E-state index contributed by atoms with van der Waals surface area (Å²) in [6.45, 7) is 2.20. The second-order valence-electron chi connectivity index (χ2n) is 6.74. The minimum atomic E-state index is -3.12. The van der Waals surface area contributed by atoms with E-state index in [-0.39, 0.29) is 5.25 Å². The molecule has 1 heterocycles. The number of benzene rings is 3. The van der Waals surface area contributed by atoms with Crippen molar-refractivity contribution in [2.24, 2.45) is 0 Å². The summed E-state index contributed by atoms with van der Waals surface area (Å²) in [5, 5.41) is 2.95. The standard InChI is InChI=1S/C13H11O.C11H14NO2S/c1-3-7-12(8-4-1)11-14-13-9-5-2-6-10-13;13-15(14,10-4-2-1-3-5-10)11-6-8-12-9-7-11/h1,3-10H,11H2;2-5,11-12H,6-9H2. The third-order valence-corrected chi connectivity index (χ3v) is 6.96. The molecule has 0 amide bonds. The largest absolute Gasteiger partial charge is 0.489 e. The fourth-order valence-electron chi connectivity index (χ4n) is 3.07. The monoisotopic (exact) mass is 407 g/mol. The molecule has 1 fully saturated rings. The van der Waals surface area contributed by atoms with Crippen LogP contribution in [-0.4, -0.2) is 26.8 Å². The van der Waals surface area contributed by atoms with Crippen LogP contribution in [0.3, 0.4) is 0 Å². The molecule has 0 atom stereocenters. The Bertz CT molecular complexity index is 900. The van der Waals surface area contributed by atoms with E-state index in [1.807, 2.05) is 42.5 Å². The zero-order chi connectivity index (χ0) is 20.4. The van der Waals surface area contributed by atoms with Crippen LogP contribution in [0.15, 0.2) is 83.8 Å². The number of nitrogens with one attached hydrogen (secondary N) is 1. The summed E-state index contributed by atoms with van der Waals surface area (Å²) >= 11 is 0. The minimum Gasteiger partial charge on any atom is -0.489 e. The van der Waals surface area contributed by atoms with Crippen LogP contribution in [0.25, 0.3) is 0 Å². The molecule has 4 rings (SSSR count). The maximum Gasteiger partial charge on any atom is 0.181 e. The number of ether oxygens (including phenoxy) is 1. The minimum absolute atomic E-state index is 0.221. The molecule has 0 spiro atoms. The van der Waals surface area contributed by atoms with E-state index in [0.717, 1.165) is 18.8 Å². The molecule has 0 bridgehead atoms. The molecule has 1 aliphatic heterocycles. The molecule has 0 aromatic heterocycles. The number of hydrogen-bond acceptors (Lipinski definition) is 4. The number of piperidine rings is 1. The van der Waals surface area contributed by atoms with Crippen LogP contribution in [0.2, 0.25) is 0 Å². The van der Waals surface area contributed by atoms with Gasteiger partial charge in [-0.15, -0.1) is 0 Å². The average Bonchev–Trinajstić information content (AvgIpc) is 2.81. The molecule has 5 heteroatoms. The Kier molecular flexibility index (Phi) is 7.85. The summed E-state index contributed by atoms with van der Waals surface area (Å²) in [5.41, 5.74) is 1.18. The highest BCUT2D eigenvalue weighted by atomic mass is 32.2. The summed E-state index contributed by atoms with van der Waals surface area (Å²) in [6.07, 6.45) is 1.42. The number of sulfone groups is 1. The Hall–Kier alpha value is -2.63. The summed E-state index contributed by atoms with van der Waals surface area (Å²) in [7, 11) is -3.12. The lowest BCUT2D eigenvalue weighted by Gasteiger charge is -2.22. The predicted molar refractivity (Wildman–Crippen MR) is 114 cm³/mol. The second-order valence-corrected chi connectivity index (χ2v) is 8.97. The maximum atomic E-state index is 12.1. The van der Waals surface area contributed by atoms with Crippen LogP contribution in [0.4, 0.5) is 0 Å². The highest BCUT2D eigenvalue weighted by Gasteiger charge is 2.28. The third kappa shape index (κ3) is 6.44. The summed E-state index contributed by atoms with van der Waals surface area (Å²) < 4.78 is 29.9. The van der Waals surface area contributed by atoms with E-state index in [1.165, 1.54) is 5.56 Å². The van der Waals surface area contributed by atoms with Crippen molar-refractivity contribution in [3.8, 4) is 5.75 Å². The van der Waals surface area contributed by atoms with E-state index in [9.17, 15) is 8.42 Å². The summed E-state index contributed by atoms with van der Waals surface area (Å²) in [5.74, 6) is 0.882. The molecular weight excluding hydrogens is 382 g/mol. The second kappa shape index (κ2) is 10.8. The van der Waals surface area contributed by atoms with Gasteiger partial charge in [0.25, 0.3) is 0 Å². The molecule has 1 saturated heterocycles. The van der Waals surface area contributed by atoms with Gasteiger partial charge in [-0.2, -0.15) is 0 Å². The molecule has 3 aromatic rings. The number of rotatable bonds is 5. The van der Waals surface area contributed by atoms with Crippen molar-refractivity contribution in [1.29, 1.82) is 0 Å². The van der Waals surface area contributed by atoms with Crippen molar-refractivity contribution < 1.29 is 13.2 Å². The Morgan fingerprint density at radius 3 is 2.07 bits per heavy atom. The Morgan fingerprint density at radius 2 is 1.45 bits per heavy atom. The molecule has 0 saturated carbocycles. The first-order valence-electron chi connectivity index (χ1n) is 9.70. The fourth-order valence-corrected chi connectivity index (χ4v) is 4.82. The molecule has 29 heavy (non-hydrogen) atoms. The van der Waals surface area contributed by atoms with Gasteiger partial charge in [-0.3, -0.25) is 0 Å². The molecule has 0 unspecified atom stereocenters. The van der Waals surface area contributed by atoms with Gasteiger partial charge in [0.1, 0.15) is 12.4 Å². The molecule has 3 aromatic carbocycles. The number of hydrogen-bond donors (Lipinski definition) is 1. The highest BCUT2D eigenvalue weighted by molar-refractivity contribution is 7.92. The molecule has 1 N–H and O–H groups in total. The molecule has 150 valence electrons. The van der Waals surface area contributed by atoms with Crippen LogP contribution < -0.4 is 10.1 Å². The van der Waals surface area contributed by atoms with Crippen LogP contribution in [0.5, 0.6) is 5.75 Å². The maximum absolute atomic E-state index is 12.1. The summed E-state index contributed by atoms with van der Waals surface area (Å²) in [4.78, 5) is 0.424. The van der Waals surface area contributed by atoms with Crippen molar-refractivity contribution >= 4 is 9.84 Å². The average molecular weight is 408 g/mol. The molecule has 2 radical (unpaired) electrons. The normalized spacial score (nSPS) is 14.5. The van der Waals surface area contributed by atoms with Crippen molar-refractivity contribution in [1.82, 2.24) is 5.32 Å². The van der Waals surface area contributed by atoms with Crippen LogP contribution in [-0.2, 0) is 16.4 Å². The Labute approximate surface area is 173 Å². The zero-order valence-electron chi connectivity index (χ0n) is 16.3. The lowest BCUT2D eigenvalue weighted by Crippen LogP contribution is -2.35. The van der Waals surface area contributed by atoms with Gasteiger partial charge >= 0.3 is 0 Å². The van der Waals surface area contributed by atoms with Crippen LogP contribution in [0, 0.1) is 12.1 Å². The first-order chi connectivity index (χ1) is 14.2. The third-order valence-electron chi connectivity index (χ3n) is 4.68. The fraction of sp³-hybridized carbons (Fsp3) is 0.250. The van der Waals surface area contributed by atoms with Gasteiger partial charge in [0.15, 0.2) is 9.84 Å². The summed E-state index contributed by atoms with van der Waals surface area (Å²) in [6, 6.07) is 30.0. The topological polar surface area (TPSA) is 55.4 Å². The Balaban J connectivity index is 0.000000166. The lowest BCUT2D eigenvalue weighted by atomic mass is 10.2. The Morgan fingerprint density at radius 1 is 0.862 bits per heavy atom. The van der Waals surface area contributed by atoms with E-state index in [0.29, 0.717) is 24.3 Å². The van der Waals surface area contributed by atoms with E-state index in [2.05, 4.69) is 29.6 Å². The van der Waals surface area contributed by atoms with Gasteiger partial charge in [0, 0.05) is 0 Å². The van der Waals surface area contributed by atoms with Gasteiger partial charge in [-0.05, 0) is 67.9 Å². The quantitative estimate of drug-likeness (QED) is 0.692. The van der Waals surface area contributed by atoms with Crippen molar-refractivity contribution in [3.05, 3.63) is 96.6 Å². The zero-order valence-corrected chi connectivity index (χ0v) is 17.1. The van der Waals surface area contributed by atoms with Crippen molar-refractivity contribution in [3.63, 3.8) is 0 Å². The van der Waals surface area contributed by atoms with E-state index in [1.54, 1.807) is 24.3 Å². The lowest BCUT2D eigenvalue weighted by molar-refractivity contribution is 0.306. The van der Waals surface area contributed by atoms with E-state index >= 15 is 0 Å². The van der Waals surface area contributed by atoms with Gasteiger partial charge in [-0.25, -0.2) is 8.42 Å². The van der Waals surface area contributed by atoms with Gasteiger partial charge in [0.2, 0.25) is 0 Å². The first kappa shape index (κ1) is 21.1. The molecule has 1 aliphatic rings. The smallest absolute Gasteiger partial charge is 0.181 e. The highest BCUT2D eigenvalue weighted by Crippen LogP contribution is 2.21. The van der Waals surface area contributed by atoms with Gasteiger partial charge in [-0.1, -0.05) is 54.6 Å². The SMILES string of the molecule is O=S(=O)(c1cc[c]cc1)C1CCNCC1.[c]1ccc(OCc2ccccc2)cc1. The predicted octanol–water partition coefficient (Wildman–Crippen LogP) is 4.08. The van der Waals surface area contributed by atoms with Gasteiger partial charge < -0.3 is 10.1 Å². The van der Waals surface area contributed by atoms with E-state index in [4.69, 9.17) is 4.74 Å². The first-order valence-corrected chi connectivity index (χ1v) is 11.2. The van der Waals surface area contributed by atoms with Crippen molar-refractivity contribution in [2.75, 3.05) is 13.1 Å². The molecule has 0 aliphatic carbocycles. The van der Waals surface area contributed by atoms with E-state index < -0.39 is 9.84 Å². The van der Waals surface area contributed by atoms with Gasteiger partial charge in [0.05, 0.1) is 10.1 Å². The molecular formula is C24H25NO3S.